The summed E-state index contributed by atoms with van der Waals surface area (Å²) in [6.45, 7) is 5.73. The first kappa shape index (κ1) is 17.5. The molecule has 0 spiro atoms. The molecule has 0 saturated heterocycles. The lowest BCUT2D eigenvalue weighted by Gasteiger charge is -2.07. The number of methoxy groups -OCH3 is 1. The summed E-state index contributed by atoms with van der Waals surface area (Å²) in [5.41, 5.74) is 3.50. The van der Waals surface area contributed by atoms with Gasteiger partial charge in [-0.3, -0.25) is 9.48 Å². The summed E-state index contributed by atoms with van der Waals surface area (Å²) < 4.78 is 6.82. The van der Waals surface area contributed by atoms with Crippen LogP contribution in [0, 0.1) is 13.8 Å². The van der Waals surface area contributed by atoms with Crippen LogP contribution < -0.4 is 5.32 Å². The summed E-state index contributed by atoms with van der Waals surface area (Å²) in [4.78, 5) is 12.0. The molecule has 0 fully saturated rings. The highest BCUT2D eigenvalue weighted by atomic mass is 35.5. The van der Waals surface area contributed by atoms with Crippen LogP contribution in [-0.2, 0) is 11.3 Å². The van der Waals surface area contributed by atoms with E-state index in [-0.39, 0.29) is 5.91 Å². The first-order chi connectivity index (χ1) is 11.0. The molecule has 1 heterocycles. The van der Waals surface area contributed by atoms with Gasteiger partial charge in [-0.15, -0.1) is 0 Å². The van der Waals surface area contributed by atoms with Crippen molar-refractivity contribution < 1.29 is 9.53 Å². The lowest BCUT2D eigenvalue weighted by Crippen LogP contribution is -2.25. The fourth-order valence-electron chi connectivity index (χ4n) is 2.28. The lowest BCUT2D eigenvalue weighted by atomic mass is 10.1. The molecule has 1 amide bonds. The van der Waals surface area contributed by atoms with E-state index >= 15 is 0 Å². The van der Waals surface area contributed by atoms with Crippen LogP contribution in [0.1, 0.15) is 33.7 Å². The van der Waals surface area contributed by atoms with E-state index in [0.29, 0.717) is 30.3 Å². The van der Waals surface area contributed by atoms with Crippen molar-refractivity contribution in [3.05, 3.63) is 51.8 Å². The van der Waals surface area contributed by atoms with E-state index < -0.39 is 0 Å². The molecule has 0 aliphatic rings. The molecule has 0 unspecified atom stereocenters. The molecular formula is C17H22ClN3O2. The van der Waals surface area contributed by atoms with Crippen molar-refractivity contribution in [1.29, 1.82) is 0 Å². The predicted molar refractivity (Wildman–Crippen MR) is 91.1 cm³/mol. The molecule has 1 aromatic carbocycles. The maximum atomic E-state index is 12.0. The number of hydrogen-bond acceptors (Lipinski definition) is 3. The van der Waals surface area contributed by atoms with Gasteiger partial charge in [0.05, 0.1) is 23.0 Å². The van der Waals surface area contributed by atoms with Gasteiger partial charge in [-0.05, 0) is 38.0 Å². The predicted octanol–water partition coefficient (Wildman–Crippen LogP) is 2.97. The number of aryl methyl sites for hydroxylation is 1. The normalized spacial score (nSPS) is 10.8. The molecule has 6 heteroatoms. The van der Waals surface area contributed by atoms with Gasteiger partial charge in [0.1, 0.15) is 0 Å². The highest BCUT2D eigenvalue weighted by molar-refractivity contribution is 6.31. The molecule has 1 N–H and O–H groups in total. The molecular weight excluding hydrogens is 314 g/mol. The van der Waals surface area contributed by atoms with Crippen molar-refractivity contribution in [2.75, 3.05) is 20.3 Å². The molecule has 0 atom stereocenters. The molecule has 0 saturated carbocycles. The van der Waals surface area contributed by atoms with Gasteiger partial charge in [-0.1, -0.05) is 23.7 Å². The van der Waals surface area contributed by atoms with Crippen LogP contribution in [0.2, 0.25) is 5.02 Å². The molecule has 23 heavy (non-hydrogen) atoms. The van der Waals surface area contributed by atoms with E-state index in [1.54, 1.807) is 7.11 Å². The SMILES string of the molecule is COCCCNC(=O)c1ccc(Cn2nc(C)c(Cl)c2C)cc1. The molecule has 2 aromatic rings. The van der Waals surface area contributed by atoms with Gasteiger partial charge in [-0.2, -0.15) is 5.10 Å². The second kappa shape index (κ2) is 8.13. The number of carbonyl (C=O) groups is 1. The van der Waals surface area contributed by atoms with E-state index in [4.69, 9.17) is 16.3 Å². The number of halogens is 1. The minimum atomic E-state index is -0.0678. The Hall–Kier alpha value is -1.85. The number of rotatable bonds is 7. The smallest absolute Gasteiger partial charge is 0.251 e. The summed E-state index contributed by atoms with van der Waals surface area (Å²) in [5.74, 6) is -0.0678. The number of aromatic nitrogens is 2. The summed E-state index contributed by atoms with van der Waals surface area (Å²) in [6.07, 6.45) is 0.805. The van der Waals surface area contributed by atoms with Crippen LogP contribution in [0.15, 0.2) is 24.3 Å². The van der Waals surface area contributed by atoms with Crippen LogP contribution in [0.5, 0.6) is 0 Å². The van der Waals surface area contributed by atoms with Crippen molar-refractivity contribution in [2.45, 2.75) is 26.8 Å². The van der Waals surface area contributed by atoms with Gasteiger partial charge in [-0.25, -0.2) is 0 Å². The summed E-state index contributed by atoms with van der Waals surface area (Å²) in [7, 11) is 1.65. The van der Waals surface area contributed by atoms with Gasteiger partial charge >= 0.3 is 0 Å². The maximum absolute atomic E-state index is 12.0. The molecule has 5 nitrogen and oxygen atoms in total. The third-order valence-electron chi connectivity index (χ3n) is 3.65. The van der Waals surface area contributed by atoms with Crippen LogP contribution in [0.25, 0.3) is 0 Å². The largest absolute Gasteiger partial charge is 0.385 e. The topological polar surface area (TPSA) is 56.1 Å². The highest BCUT2D eigenvalue weighted by Gasteiger charge is 2.10. The maximum Gasteiger partial charge on any atom is 0.251 e. The fourth-order valence-corrected chi connectivity index (χ4v) is 2.42. The first-order valence-electron chi connectivity index (χ1n) is 7.58. The van der Waals surface area contributed by atoms with Crippen molar-refractivity contribution in [2.24, 2.45) is 0 Å². The van der Waals surface area contributed by atoms with Crippen LogP contribution in [0.4, 0.5) is 0 Å². The third kappa shape index (κ3) is 4.56. The molecule has 0 aliphatic heterocycles. The fraction of sp³-hybridized carbons (Fsp3) is 0.412. The first-order valence-corrected chi connectivity index (χ1v) is 7.96. The molecule has 2 rings (SSSR count). The quantitative estimate of drug-likeness (QED) is 0.791. The molecule has 0 bridgehead atoms. The van der Waals surface area contributed by atoms with Gasteiger partial charge in [0.2, 0.25) is 0 Å². The summed E-state index contributed by atoms with van der Waals surface area (Å²) in [5, 5.41) is 7.99. The Morgan fingerprint density at radius 2 is 2.00 bits per heavy atom. The lowest BCUT2D eigenvalue weighted by molar-refractivity contribution is 0.0948. The number of hydrogen-bond donors (Lipinski definition) is 1. The number of nitrogens with one attached hydrogen (secondary N) is 1. The van der Waals surface area contributed by atoms with E-state index in [1.807, 2.05) is 42.8 Å². The number of amides is 1. The van der Waals surface area contributed by atoms with Crippen molar-refractivity contribution in [3.8, 4) is 0 Å². The molecule has 0 radical (unpaired) electrons. The Kier molecular flexibility index (Phi) is 6.19. The van der Waals surface area contributed by atoms with Crippen molar-refractivity contribution >= 4 is 17.5 Å². The number of benzene rings is 1. The summed E-state index contributed by atoms with van der Waals surface area (Å²) in [6, 6.07) is 7.53. The van der Waals surface area contributed by atoms with Gasteiger partial charge < -0.3 is 10.1 Å². The molecule has 124 valence electrons. The van der Waals surface area contributed by atoms with Crippen molar-refractivity contribution in [1.82, 2.24) is 15.1 Å². The molecule has 1 aromatic heterocycles. The van der Waals surface area contributed by atoms with E-state index in [0.717, 1.165) is 23.4 Å². The Labute approximate surface area is 141 Å². The Morgan fingerprint density at radius 3 is 2.57 bits per heavy atom. The van der Waals surface area contributed by atoms with Gasteiger partial charge in [0, 0.05) is 25.8 Å². The van der Waals surface area contributed by atoms with Gasteiger partial charge in [0.25, 0.3) is 5.91 Å². The Morgan fingerprint density at radius 1 is 1.30 bits per heavy atom. The molecule has 0 aliphatic carbocycles. The standard InChI is InChI=1S/C17H22ClN3O2/c1-12-16(18)13(2)21(20-12)11-14-5-7-15(8-6-14)17(22)19-9-4-10-23-3/h5-8H,4,9-11H2,1-3H3,(H,19,22). The third-order valence-corrected chi connectivity index (χ3v) is 4.20. The second-order valence-corrected chi connectivity index (χ2v) is 5.82. The second-order valence-electron chi connectivity index (χ2n) is 5.44. The summed E-state index contributed by atoms with van der Waals surface area (Å²) >= 11 is 6.16. The number of nitrogens with zero attached hydrogens (tertiary/aromatic N) is 2. The average Bonchev–Trinajstić information content (AvgIpc) is 2.79. The minimum absolute atomic E-state index is 0.0678. The van der Waals surface area contributed by atoms with Crippen LogP contribution in [-0.4, -0.2) is 35.9 Å². The zero-order valence-electron chi connectivity index (χ0n) is 13.7. The monoisotopic (exact) mass is 335 g/mol. The Balaban J connectivity index is 1.96. The van der Waals surface area contributed by atoms with Crippen LogP contribution >= 0.6 is 11.6 Å². The zero-order valence-corrected chi connectivity index (χ0v) is 14.5. The van der Waals surface area contributed by atoms with E-state index in [1.165, 1.54) is 0 Å². The van der Waals surface area contributed by atoms with Crippen LogP contribution in [0.3, 0.4) is 0 Å². The van der Waals surface area contributed by atoms with E-state index in [2.05, 4.69) is 10.4 Å². The van der Waals surface area contributed by atoms with Gasteiger partial charge in [0.15, 0.2) is 0 Å². The zero-order chi connectivity index (χ0) is 16.8. The minimum Gasteiger partial charge on any atom is -0.385 e. The van der Waals surface area contributed by atoms with Crippen molar-refractivity contribution in [3.63, 3.8) is 0 Å². The number of carbonyl (C=O) groups excluding carboxylic acids is 1. The highest BCUT2D eigenvalue weighted by Crippen LogP contribution is 2.19. The average molecular weight is 336 g/mol. The van der Waals surface area contributed by atoms with E-state index in [9.17, 15) is 4.79 Å². The number of ether oxygens (including phenoxy) is 1. The Bertz CT molecular complexity index is 665.